The van der Waals surface area contributed by atoms with Crippen LogP contribution in [0.3, 0.4) is 0 Å². The van der Waals surface area contributed by atoms with Crippen molar-refractivity contribution < 1.29 is 14.3 Å². The van der Waals surface area contributed by atoms with E-state index in [2.05, 4.69) is 33.0 Å². The van der Waals surface area contributed by atoms with Crippen molar-refractivity contribution >= 4 is 32.4 Å². The SMILES string of the molecule is CC(C)CC(OCCCC(=O)NC(=O)I)C(C)C. The van der Waals surface area contributed by atoms with Gasteiger partial charge in [-0.05, 0) is 24.7 Å². The Hall–Kier alpha value is -0.170. The summed E-state index contributed by atoms with van der Waals surface area (Å²) in [5.74, 6) is 0.859. The van der Waals surface area contributed by atoms with E-state index in [-0.39, 0.29) is 15.9 Å². The molecule has 0 aliphatic heterocycles. The second-order valence-electron chi connectivity index (χ2n) is 5.21. The molecule has 0 bridgehead atoms. The van der Waals surface area contributed by atoms with Crippen LogP contribution < -0.4 is 5.32 Å². The molecule has 106 valence electrons. The third-order valence-corrected chi connectivity index (χ3v) is 2.83. The average molecular weight is 369 g/mol. The maximum Gasteiger partial charge on any atom is 0.287 e. The van der Waals surface area contributed by atoms with Gasteiger partial charge in [0.25, 0.3) is 3.91 Å². The largest absolute Gasteiger partial charge is 0.378 e. The van der Waals surface area contributed by atoms with Gasteiger partial charge in [0.15, 0.2) is 0 Å². The molecule has 0 saturated heterocycles. The molecule has 0 aliphatic rings. The smallest absolute Gasteiger partial charge is 0.287 e. The van der Waals surface area contributed by atoms with Crippen LogP contribution in [0, 0.1) is 11.8 Å². The minimum Gasteiger partial charge on any atom is -0.378 e. The van der Waals surface area contributed by atoms with Crippen molar-refractivity contribution in [3.05, 3.63) is 0 Å². The first-order chi connectivity index (χ1) is 8.32. The van der Waals surface area contributed by atoms with E-state index < -0.39 is 0 Å². The fraction of sp³-hybridized carbons (Fsp3) is 0.846. The van der Waals surface area contributed by atoms with Gasteiger partial charge in [0, 0.05) is 35.6 Å². The molecule has 0 heterocycles. The van der Waals surface area contributed by atoms with Crippen molar-refractivity contribution in [1.29, 1.82) is 0 Å². The first kappa shape index (κ1) is 17.8. The Balaban J connectivity index is 3.79. The normalized spacial score (nSPS) is 12.8. The summed E-state index contributed by atoms with van der Waals surface area (Å²) in [4.78, 5) is 21.8. The molecule has 18 heavy (non-hydrogen) atoms. The Morgan fingerprint density at radius 3 is 2.28 bits per heavy atom. The topological polar surface area (TPSA) is 55.4 Å². The van der Waals surface area contributed by atoms with Crippen molar-refractivity contribution in [1.82, 2.24) is 5.32 Å². The second-order valence-corrected chi connectivity index (χ2v) is 6.19. The Morgan fingerprint density at radius 1 is 1.22 bits per heavy atom. The molecule has 0 aromatic carbocycles. The number of hydrogen-bond acceptors (Lipinski definition) is 3. The highest BCUT2D eigenvalue weighted by Crippen LogP contribution is 2.16. The van der Waals surface area contributed by atoms with Crippen molar-refractivity contribution in [2.45, 2.75) is 53.1 Å². The third-order valence-electron chi connectivity index (χ3n) is 2.57. The molecule has 0 aliphatic carbocycles. The lowest BCUT2D eigenvalue weighted by molar-refractivity contribution is -0.120. The van der Waals surface area contributed by atoms with Crippen LogP contribution in [0.25, 0.3) is 0 Å². The van der Waals surface area contributed by atoms with E-state index >= 15 is 0 Å². The van der Waals surface area contributed by atoms with Gasteiger partial charge in [0.05, 0.1) is 6.10 Å². The van der Waals surface area contributed by atoms with E-state index in [1.165, 1.54) is 0 Å². The highest BCUT2D eigenvalue weighted by Gasteiger charge is 2.15. The summed E-state index contributed by atoms with van der Waals surface area (Å²) in [6, 6.07) is 0. The van der Waals surface area contributed by atoms with E-state index in [9.17, 15) is 9.59 Å². The lowest BCUT2D eigenvalue weighted by atomic mass is 9.97. The van der Waals surface area contributed by atoms with E-state index in [0.29, 0.717) is 31.3 Å². The number of hydrogen-bond donors (Lipinski definition) is 1. The monoisotopic (exact) mass is 369 g/mol. The van der Waals surface area contributed by atoms with Gasteiger partial charge in [-0.15, -0.1) is 0 Å². The number of ether oxygens (including phenoxy) is 1. The van der Waals surface area contributed by atoms with Crippen LogP contribution in [0.5, 0.6) is 0 Å². The number of carbonyl (C=O) groups excluding carboxylic acids is 2. The minimum absolute atomic E-state index is 0.233. The fourth-order valence-corrected chi connectivity index (χ4v) is 1.94. The van der Waals surface area contributed by atoms with Crippen molar-refractivity contribution in [3.63, 3.8) is 0 Å². The molecule has 0 rings (SSSR count). The van der Waals surface area contributed by atoms with Crippen LogP contribution >= 0.6 is 22.6 Å². The highest BCUT2D eigenvalue weighted by atomic mass is 127. The van der Waals surface area contributed by atoms with E-state index in [0.717, 1.165) is 6.42 Å². The molecule has 2 amide bonds. The maximum absolute atomic E-state index is 11.2. The van der Waals surface area contributed by atoms with Crippen LogP contribution in [0.15, 0.2) is 0 Å². The molecule has 0 spiro atoms. The molecule has 4 nitrogen and oxygen atoms in total. The van der Waals surface area contributed by atoms with Crippen molar-refractivity contribution in [3.8, 4) is 0 Å². The van der Waals surface area contributed by atoms with Gasteiger partial charge in [-0.1, -0.05) is 27.7 Å². The Labute approximate surface area is 123 Å². The summed E-state index contributed by atoms with van der Waals surface area (Å²) in [6.45, 7) is 9.22. The molecule has 1 atom stereocenters. The summed E-state index contributed by atoms with van der Waals surface area (Å²) in [6.07, 6.45) is 2.27. The van der Waals surface area contributed by atoms with Gasteiger partial charge in [-0.3, -0.25) is 14.9 Å². The second kappa shape index (κ2) is 9.72. The lowest BCUT2D eigenvalue weighted by Crippen LogP contribution is -2.26. The number of halogens is 1. The fourth-order valence-electron chi connectivity index (χ4n) is 1.64. The van der Waals surface area contributed by atoms with Crippen molar-refractivity contribution in [2.75, 3.05) is 6.61 Å². The third kappa shape index (κ3) is 9.82. The molecule has 0 radical (unpaired) electrons. The zero-order chi connectivity index (χ0) is 14.1. The van der Waals surface area contributed by atoms with E-state index in [1.807, 2.05) is 0 Å². The first-order valence-corrected chi connectivity index (χ1v) is 7.51. The summed E-state index contributed by atoms with van der Waals surface area (Å²) >= 11 is 1.55. The molecule has 0 saturated carbocycles. The number of rotatable bonds is 8. The van der Waals surface area contributed by atoms with Crippen molar-refractivity contribution in [2.24, 2.45) is 11.8 Å². The van der Waals surface area contributed by atoms with Gasteiger partial charge >= 0.3 is 0 Å². The maximum atomic E-state index is 11.2. The first-order valence-electron chi connectivity index (χ1n) is 6.43. The van der Waals surface area contributed by atoms with Crippen LogP contribution in [0.2, 0.25) is 0 Å². The summed E-state index contributed by atoms with van der Waals surface area (Å²) in [7, 11) is 0. The zero-order valence-corrected chi connectivity index (χ0v) is 13.8. The van der Waals surface area contributed by atoms with Gasteiger partial charge in [0.2, 0.25) is 5.91 Å². The Kier molecular flexibility index (Phi) is 9.63. The molecule has 1 N–H and O–H groups in total. The summed E-state index contributed by atoms with van der Waals surface area (Å²) in [5.41, 5.74) is 0. The van der Waals surface area contributed by atoms with E-state index in [4.69, 9.17) is 4.74 Å². The number of nitrogens with one attached hydrogen (secondary N) is 1. The van der Waals surface area contributed by atoms with Gasteiger partial charge in [-0.2, -0.15) is 0 Å². The lowest BCUT2D eigenvalue weighted by Gasteiger charge is -2.23. The van der Waals surface area contributed by atoms with Gasteiger partial charge in [0.1, 0.15) is 0 Å². The van der Waals surface area contributed by atoms with E-state index in [1.54, 1.807) is 22.6 Å². The number of imide groups is 1. The van der Waals surface area contributed by atoms with Crippen LogP contribution in [0.4, 0.5) is 4.79 Å². The van der Waals surface area contributed by atoms with Gasteiger partial charge < -0.3 is 4.74 Å². The predicted molar refractivity (Wildman–Crippen MR) is 80.8 cm³/mol. The minimum atomic E-state index is -0.335. The Bertz CT molecular complexity index is 267. The standard InChI is InChI=1S/C13H24INO3/c1-9(2)8-11(10(3)4)18-7-5-6-12(16)15-13(14)17/h9-11H,5-8H2,1-4H3,(H,15,16,17). The summed E-state index contributed by atoms with van der Waals surface area (Å²) < 4.78 is 5.47. The van der Waals surface area contributed by atoms with Crippen LogP contribution in [0.1, 0.15) is 47.0 Å². The molecule has 0 aromatic heterocycles. The summed E-state index contributed by atoms with van der Waals surface area (Å²) in [5, 5.41) is 2.24. The van der Waals surface area contributed by atoms with Crippen LogP contribution in [-0.4, -0.2) is 22.5 Å². The predicted octanol–water partition coefficient (Wildman–Crippen LogP) is 3.53. The molecule has 0 fully saturated rings. The number of carbonyl (C=O) groups is 2. The molecular formula is C13H24INO3. The highest BCUT2D eigenvalue weighted by molar-refractivity contribution is 14.1. The van der Waals surface area contributed by atoms with Crippen LogP contribution in [-0.2, 0) is 9.53 Å². The molecule has 0 aromatic rings. The zero-order valence-electron chi connectivity index (χ0n) is 11.7. The average Bonchev–Trinajstić information content (AvgIpc) is 2.20. The molecule has 5 heteroatoms. The molecule has 1 unspecified atom stereocenters. The van der Waals surface area contributed by atoms with Gasteiger partial charge in [-0.25, -0.2) is 0 Å². The Morgan fingerprint density at radius 2 is 1.83 bits per heavy atom. The molecular weight excluding hydrogens is 345 g/mol. The number of amides is 2. The quantitative estimate of drug-likeness (QED) is 0.308.